The van der Waals surface area contributed by atoms with Gasteiger partial charge in [-0.2, -0.15) is 5.11 Å². The molecule has 0 unspecified atom stereocenters. The highest BCUT2D eigenvalue weighted by molar-refractivity contribution is 5.72. The van der Waals surface area contributed by atoms with Gasteiger partial charge in [0.1, 0.15) is 5.75 Å². The summed E-state index contributed by atoms with van der Waals surface area (Å²) in [6.07, 6.45) is 0.834. The van der Waals surface area contributed by atoms with Crippen LogP contribution in [0.25, 0.3) is 16.9 Å². The zero-order chi connectivity index (χ0) is 21.8. The van der Waals surface area contributed by atoms with Crippen LogP contribution in [0.1, 0.15) is 18.1 Å². The van der Waals surface area contributed by atoms with E-state index in [0.29, 0.717) is 5.69 Å². The minimum absolute atomic E-state index is 0.252. The van der Waals surface area contributed by atoms with Crippen molar-refractivity contribution in [3.63, 3.8) is 0 Å². The molecule has 0 aliphatic rings. The number of methoxy groups -OCH3 is 1. The highest BCUT2D eigenvalue weighted by Crippen LogP contribution is 2.30. The number of para-hydroxylation sites is 1. The van der Waals surface area contributed by atoms with Crippen molar-refractivity contribution in [1.82, 2.24) is 9.78 Å². The third-order valence-electron chi connectivity index (χ3n) is 5.23. The summed E-state index contributed by atoms with van der Waals surface area (Å²) >= 11 is 0. The van der Waals surface area contributed by atoms with E-state index < -0.39 is 0 Å². The van der Waals surface area contributed by atoms with Crippen molar-refractivity contribution in [2.24, 2.45) is 10.2 Å². The van der Waals surface area contributed by atoms with E-state index in [0.717, 1.165) is 40.2 Å². The molecule has 3 aromatic carbocycles. The van der Waals surface area contributed by atoms with Crippen LogP contribution in [0.15, 0.2) is 87.8 Å². The van der Waals surface area contributed by atoms with Crippen LogP contribution in [0.5, 0.6) is 5.75 Å². The number of nitrogens with zero attached hydrogens (tertiary/aromatic N) is 3. The van der Waals surface area contributed by atoms with Crippen molar-refractivity contribution in [2.45, 2.75) is 20.3 Å². The fourth-order valence-corrected chi connectivity index (χ4v) is 3.48. The van der Waals surface area contributed by atoms with E-state index in [4.69, 9.17) is 4.74 Å². The fourth-order valence-electron chi connectivity index (χ4n) is 3.48. The van der Waals surface area contributed by atoms with E-state index in [1.165, 1.54) is 4.68 Å². The number of aryl methyl sites for hydroxylation is 2. The molecule has 0 saturated heterocycles. The third-order valence-corrected chi connectivity index (χ3v) is 5.23. The average molecular weight is 412 g/mol. The van der Waals surface area contributed by atoms with Crippen molar-refractivity contribution in [1.29, 1.82) is 0 Å². The smallest absolute Gasteiger partial charge is 0.299 e. The molecule has 4 rings (SSSR count). The highest BCUT2D eigenvalue weighted by Gasteiger charge is 2.18. The Morgan fingerprint density at radius 3 is 2.35 bits per heavy atom. The SMILES string of the molecule is CCc1ccccc1N=Nc1c(-c2ccc(OC)cc2)[nH]n(-c2ccccc2C)c1=O. The first-order chi connectivity index (χ1) is 15.1. The van der Waals surface area contributed by atoms with Crippen LogP contribution in [-0.4, -0.2) is 16.9 Å². The third kappa shape index (κ3) is 4.05. The molecule has 6 nitrogen and oxygen atoms in total. The Labute approximate surface area is 180 Å². The normalized spacial score (nSPS) is 11.2. The summed E-state index contributed by atoms with van der Waals surface area (Å²) < 4.78 is 6.78. The zero-order valence-corrected chi connectivity index (χ0v) is 17.8. The van der Waals surface area contributed by atoms with E-state index in [9.17, 15) is 4.79 Å². The van der Waals surface area contributed by atoms with Gasteiger partial charge in [-0.15, -0.1) is 5.11 Å². The molecule has 0 spiro atoms. The molecule has 1 aromatic heterocycles. The van der Waals surface area contributed by atoms with E-state index in [1.54, 1.807) is 7.11 Å². The number of ether oxygens (including phenoxy) is 1. The van der Waals surface area contributed by atoms with Gasteiger partial charge < -0.3 is 4.74 Å². The molecule has 0 aliphatic carbocycles. The molecular weight excluding hydrogens is 388 g/mol. The number of azo groups is 1. The molecule has 156 valence electrons. The Morgan fingerprint density at radius 2 is 1.65 bits per heavy atom. The summed E-state index contributed by atoms with van der Waals surface area (Å²) in [5.41, 5.74) is 5.03. The maximum Gasteiger partial charge on any atom is 0.299 e. The molecule has 0 aliphatic heterocycles. The number of aromatic nitrogens is 2. The van der Waals surface area contributed by atoms with Gasteiger partial charge in [-0.1, -0.05) is 43.3 Å². The average Bonchev–Trinajstić information content (AvgIpc) is 3.14. The zero-order valence-electron chi connectivity index (χ0n) is 17.8. The molecule has 4 aromatic rings. The first kappa shape index (κ1) is 20.3. The van der Waals surface area contributed by atoms with Crippen LogP contribution < -0.4 is 10.3 Å². The van der Waals surface area contributed by atoms with Crippen molar-refractivity contribution in [2.75, 3.05) is 7.11 Å². The van der Waals surface area contributed by atoms with Crippen LogP contribution in [0, 0.1) is 6.92 Å². The van der Waals surface area contributed by atoms with E-state index in [1.807, 2.05) is 79.7 Å². The van der Waals surface area contributed by atoms with Crippen molar-refractivity contribution in [3.05, 3.63) is 94.3 Å². The second-order valence-corrected chi connectivity index (χ2v) is 7.17. The van der Waals surface area contributed by atoms with Crippen LogP contribution in [0.4, 0.5) is 11.4 Å². The molecule has 1 N–H and O–H groups in total. The number of nitrogens with one attached hydrogen (secondary N) is 1. The number of H-pyrrole nitrogens is 1. The summed E-state index contributed by atoms with van der Waals surface area (Å²) in [5, 5.41) is 12.1. The summed E-state index contributed by atoms with van der Waals surface area (Å²) in [6.45, 7) is 4.03. The van der Waals surface area contributed by atoms with Crippen molar-refractivity contribution >= 4 is 11.4 Å². The van der Waals surface area contributed by atoms with Crippen LogP contribution in [0.3, 0.4) is 0 Å². The Hall–Kier alpha value is -3.93. The summed E-state index contributed by atoms with van der Waals surface area (Å²) in [7, 11) is 1.62. The van der Waals surface area contributed by atoms with Crippen LogP contribution in [-0.2, 0) is 6.42 Å². The van der Waals surface area contributed by atoms with E-state index >= 15 is 0 Å². The molecule has 31 heavy (non-hydrogen) atoms. The van der Waals surface area contributed by atoms with Gasteiger partial charge in [0.05, 0.1) is 24.2 Å². The van der Waals surface area contributed by atoms with E-state index in [-0.39, 0.29) is 11.2 Å². The number of rotatable bonds is 6. The monoisotopic (exact) mass is 412 g/mol. The van der Waals surface area contributed by atoms with Crippen LogP contribution in [0.2, 0.25) is 0 Å². The van der Waals surface area contributed by atoms with Gasteiger partial charge >= 0.3 is 0 Å². The molecule has 0 amide bonds. The second-order valence-electron chi connectivity index (χ2n) is 7.17. The quantitative estimate of drug-likeness (QED) is 0.387. The minimum Gasteiger partial charge on any atom is -0.497 e. The van der Waals surface area contributed by atoms with Crippen molar-refractivity contribution in [3.8, 4) is 22.7 Å². The lowest BCUT2D eigenvalue weighted by molar-refractivity contribution is 0.415. The Morgan fingerprint density at radius 1 is 0.935 bits per heavy atom. The van der Waals surface area contributed by atoms with Gasteiger partial charge in [-0.3, -0.25) is 9.89 Å². The molecule has 0 radical (unpaired) electrons. The predicted octanol–water partition coefficient (Wildman–Crippen LogP) is 6.13. The molecule has 1 heterocycles. The Balaban J connectivity index is 1.88. The van der Waals surface area contributed by atoms with Crippen LogP contribution >= 0.6 is 0 Å². The second kappa shape index (κ2) is 8.83. The first-order valence-electron chi connectivity index (χ1n) is 10.2. The number of hydrogen-bond acceptors (Lipinski definition) is 4. The van der Waals surface area contributed by atoms with Gasteiger partial charge in [0.2, 0.25) is 0 Å². The Bertz CT molecular complexity index is 1280. The standard InChI is InChI=1S/C25H24N4O2/c1-4-18-10-6-7-11-21(18)26-27-24-23(19-13-15-20(31-3)16-14-19)28-29(25(24)30)22-12-8-5-9-17(22)2/h5-16,28H,4H2,1-3H3. The summed E-state index contributed by atoms with van der Waals surface area (Å²) in [6, 6.07) is 23.0. The van der Waals surface area contributed by atoms with Gasteiger partial charge in [0.25, 0.3) is 5.56 Å². The van der Waals surface area contributed by atoms with Gasteiger partial charge in [-0.25, -0.2) is 4.68 Å². The topological polar surface area (TPSA) is 71.7 Å². The highest BCUT2D eigenvalue weighted by atomic mass is 16.5. The number of benzene rings is 3. The Kier molecular flexibility index (Phi) is 5.80. The maximum absolute atomic E-state index is 13.4. The molecule has 0 bridgehead atoms. The summed E-state index contributed by atoms with van der Waals surface area (Å²) in [5.74, 6) is 0.740. The van der Waals surface area contributed by atoms with Gasteiger partial charge in [0, 0.05) is 5.56 Å². The lowest BCUT2D eigenvalue weighted by Crippen LogP contribution is -2.15. The molecule has 0 atom stereocenters. The largest absolute Gasteiger partial charge is 0.497 e. The summed E-state index contributed by atoms with van der Waals surface area (Å²) in [4.78, 5) is 13.4. The maximum atomic E-state index is 13.4. The molecule has 0 saturated carbocycles. The molecular formula is C25H24N4O2. The van der Waals surface area contributed by atoms with Gasteiger partial charge in [0.15, 0.2) is 5.69 Å². The lowest BCUT2D eigenvalue weighted by Gasteiger charge is -2.05. The molecule has 0 fully saturated rings. The minimum atomic E-state index is -0.252. The van der Waals surface area contributed by atoms with Crippen molar-refractivity contribution < 1.29 is 4.74 Å². The van der Waals surface area contributed by atoms with E-state index in [2.05, 4.69) is 22.3 Å². The van der Waals surface area contributed by atoms with Gasteiger partial charge in [-0.05, 0) is 60.9 Å². The fraction of sp³-hybridized carbons (Fsp3) is 0.160. The lowest BCUT2D eigenvalue weighted by atomic mass is 10.1. The predicted molar refractivity (Wildman–Crippen MR) is 123 cm³/mol. The molecule has 6 heteroatoms. The first-order valence-corrected chi connectivity index (χ1v) is 10.2. The number of aromatic amines is 1. The number of hydrogen-bond donors (Lipinski definition) is 1.